The number of guanidine groups is 1. The summed E-state index contributed by atoms with van der Waals surface area (Å²) in [7, 11) is 0. The minimum Gasteiger partial charge on any atom is -0.393 e. The Morgan fingerprint density at radius 1 is 0.500 bits per heavy atom. The van der Waals surface area contributed by atoms with E-state index in [1.807, 2.05) is 69.4 Å². The van der Waals surface area contributed by atoms with Crippen molar-refractivity contribution in [1.82, 2.24) is 0 Å². The Kier molecular flexibility index (Phi) is 46.3. The van der Waals surface area contributed by atoms with E-state index < -0.39 is 79.2 Å². The zero-order chi connectivity index (χ0) is 59.9. The molecule has 0 aliphatic heterocycles. The van der Waals surface area contributed by atoms with E-state index in [1.54, 1.807) is 55.7 Å². The Morgan fingerprint density at radius 2 is 1.00 bits per heavy atom. The topological polar surface area (TPSA) is 311 Å². The van der Waals surface area contributed by atoms with E-state index >= 15 is 0 Å². The van der Waals surface area contributed by atoms with Crippen molar-refractivity contribution in [2.24, 2.45) is 33.5 Å². The summed E-state index contributed by atoms with van der Waals surface area (Å²) in [5, 5.41) is 125. The molecule has 0 fully saturated rings. The molecule has 0 aromatic carbocycles. The molecule has 0 radical (unpaired) electrons. The first-order chi connectivity index (χ1) is 38.2. The summed E-state index contributed by atoms with van der Waals surface area (Å²) in [4.78, 5) is 21.1. The molecule has 0 aliphatic rings. The van der Waals surface area contributed by atoms with Crippen molar-refractivity contribution in [3.8, 4) is 0 Å². The minimum absolute atomic E-state index is 0.0104. The normalized spacial score (nSPS) is 19.3. The van der Waals surface area contributed by atoms with Gasteiger partial charge in [-0.3, -0.25) is 9.79 Å². The summed E-state index contributed by atoms with van der Waals surface area (Å²) in [6.07, 6.45) is 36.4. The van der Waals surface area contributed by atoms with Crippen LogP contribution in [0.1, 0.15) is 150 Å². The number of carbonyl (C=O) groups excluding carboxylic acids is 1. The van der Waals surface area contributed by atoms with Crippen LogP contribution in [-0.2, 0) is 4.79 Å². The van der Waals surface area contributed by atoms with Gasteiger partial charge >= 0.3 is 0 Å². The van der Waals surface area contributed by atoms with Crippen molar-refractivity contribution >= 4 is 18.0 Å². The van der Waals surface area contributed by atoms with Crippen molar-refractivity contribution in [3.05, 3.63) is 134 Å². The zero-order valence-electron chi connectivity index (χ0n) is 48.6. The van der Waals surface area contributed by atoms with Gasteiger partial charge in [-0.1, -0.05) is 174 Å². The van der Waals surface area contributed by atoms with Gasteiger partial charge in [0.2, 0.25) is 5.96 Å². The molecule has 0 aromatic rings. The van der Waals surface area contributed by atoms with Crippen molar-refractivity contribution in [3.63, 3.8) is 0 Å². The van der Waals surface area contributed by atoms with E-state index in [4.69, 9.17) is 5.73 Å². The molecular weight excluding hydrogens is 1020 g/mol. The van der Waals surface area contributed by atoms with Gasteiger partial charge in [-0.15, -0.1) is 0 Å². The van der Waals surface area contributed by atoms with Gasteiger partial charge in [0, 0.05) is 56.2 Å². The Labute approximate surface area is 479 Å². The Balaban J connectivity index is 4.45. The molecule has 14 N–H and O–H groups in total. The van der Waals surface area contributed by atoms with E-state index in [0.29, 0.717) is 19.4 Å². The van der Waals surface area contributed by atoms with Crippen LogP contribution in [0.3, 0.4) is 0 Å². The highest BCUT2D eigenvalue weighted by atomic mass is 16.3. The van der Waals surface area contributed by atoms with Gasteiger partial charge in [0.15, 0.2) is 0 Å². The quantitative estimate of drug-likeness (QED) is 0.00932. The van der Waals surface area contributed by atoms with Gasteiger partial charge in [0.25, 0.3) is 0 Å². The largest absolute Gasteiger partial charge is 0.393 e. The number of ketones is 1. The predicted molar refractivity (Wildman–Crippen MR) is 325 cm³/mol. The first kappa shape index (κ1) is 75.5. The number of Topliss-reactive ketones (excluding diaryl/α,β-unsaturated/α-hetero) is 1. The molecule has 454 valence electrons. The molecule has 80 heavy (non-hydrogen) atoms. The summed E-state index contributed by atoms with van der Waals surface area (Å²) in [6, 6.07) is 0. The van der Waals surface area contributed by atoms with Gasteiger partial charge in [-0.2, -0.15) is 0 Å². The van der Waals surface area contributed by atoms with Crippen LogP contribution in [0.25, 0.3) is 0 Å². The molecule has 0 aliphatic carbocycles. The molecular formula is C64H105N3O13. The highest BCUT2D eigenvalue weighted by Crippen LogP contribution is 2.20. The molecule has 0 aromatic heterocycles. The van der Waals surface area contributed by atoms with Crippen LogP contribution in [-0.4, -0.2) is 159 Å². The SMILES string of the molecule is C/C=C/CC/C=C/C(C)C(O)C(C)C(O)/C=C/C=C/C=C/C=C/C=C/C=C/CC(O)C(C)C(=O)CC(O)CC(O)/C=C/CC(O)CC(O)CC(O)/C=C/CC(O)CC(O)/C=C/CC(O)CC(O)CCCN=C(N)N=CCCCCC. The number of aliphatic hydroxyl groups is 12. The average molecular weight is 1120 g/mol. The maximum absolute atomic E-state index is 12.8. The highest BCUT2D eigenvalue weighted by molar-refractivity contribution is 5.86. The molecule has 0 amide bonds. The van der Waals surface area contributed by atoms with E-state index in [9.17, 15) is 66.1 Å². The lowest BCUT2D eigenvalue weighted by atomic mass is 9.88. The monoisotopic (exact) mass is 1120 g/mol. The van der Waals surface area contributed by atoms with Crippen LogP contribution in [0, 0.1) is 17.8 Å². The Morgan fingerprint density at radius 3 is 1.56 bits per heavy atom. The molecule has 0 spiro atoms. The second-order valence-electron chi connectivity index (χ2n) is 20.9. The molecule has 15 atom stereocenters. The lowest BCUT2D eigenvalue weighted by molar-refractivity contribution is -0.127. The average Bonchev–Trinajstić information content (AvgIpc) is 3.39. The van der Waals surface area contributed by atoms with Crippen molar-refractivity contribution in [2.45, 2.75) is 223 Å². The maximum Gasteiger partial charge on any atom is 0.214 e. The van der Waals surface area contributed by atoms with Gasteiger partial charge in [0.05, 0.1) is 73.2 Å². The second kappa shape index (κ2) is 49.1. The third-order valence-corrected chi connectivity index (χ3v) is 13.2. The number of nitrogens with zero attached hydrogens (tertiary/aromatic N) is 2. The minimum atomic E-state index is -1.16. The van der Waals surface area contributed by atoms with Gasteiger partial charge in [-0.25, -0.2) is 4.99 Å². The summed E-state index contributed by atoms with van der Waals surface area (Å²) < 4.78 is 0. The molecule has 0 rings (SSSR count). The Hall–Kier alpha value is -4.53. The predicted octanol–water partition coefficient (Wildman–Crippen LogP) is 7.36. The van der Waals surface area contributed by atoms with Gasteiger partial charge in [0.1, 0.15) is 5.78 Å². The van der Waals surface area contributed by atoms with E-state index in [1.165, 1.54) is 30.4 Å². The number of aliphatic hydroxyl groups excluding tert-OH is 12. The molecule has 0 saturated heterocycles. The van der Waals surface area contributed by atoms with Crippen LogP contribution < -0.4 is 5.73 Å². The van der Waals surface area contributed by atoms with E-state index in [-0.39, 0.29) is 87.8 Å². The van der Waals surface area contributed by atoms with Crippen LogP contribution >= 0.6 is 0 Å². The second-order valence-corrected chi connectivity index (χ2v) is 20.9. The summed E-state index contributed by atoms with van der Waals surface area (Å²) in [6.45, 7) is 9.91. The third kappa shape index (κ3) is 43.2. The summed E-state index contributed by atoms with van der Waals surface area (Å²) in [5.74, 6) is -1.28. The highest BCUT2D eigenvalue weighted by Gasteiger charge is 2.25. The first-order valence-electron chi connectivity index (χ1n) is 29.0. The van der Waals surface area contributed by atoms with Crippen LogP contribution in [0.5, 0.6) is 0 Å². The smallest absolute Gasteiger partial charge is 0.214 e. The number of hydrogen-bond acceptors (Lipinski definition) is 14. The maximum atomic E-state index is 12.8. The van der Waals surface area contributed by atoms with Crippen molar-refractivity contribution in [2.75, 3.05) is 6.54 Å². The number of nitrogens with two attached hydrogens (primary N) is 1. The lowest BCUT2D eigenvalue weighted by Gasteiger charge is -2.25. The number of rotatable bonds is 46. The first-order valence-corrected chi connectivity index (χ1v) is 29.0. The fourth-order valence-corrected chi connectivity index (χ4v) is 8.13. The third-order valence-electron chi connectivity index (χ3n) is 13.2. The Bertz CT molecular complexity index is 1970. The van der Waals surface area contributed by atoms with E-state index in [0.717, 1.165) is 38.5 Å². The number of carbonyl (C=O) groups is 1. The fourth-order valence-electron chi connectivity index (χ4n) is 8.13. The van der Waals surface area contributed by atoms with Crippen LogP contribution in [0.15, 0.2) is 144 Å². The molecule has 0 saturated carbocycles. The molecule has 0 heterocycles. The number of allylic oxidation sites excluding steroid dienone is 13. The number of aliphatic imine (C=N–C) groups is 2. The van der Waals surface area contributed by atoms with Crippen LogP contribution in [0.4, 0.5) is 0 Å². The van der Waals surface area contributed by atoms with Gasteiger partial charge in [-0.05, 0) is 84.0 Å². The summed E-state index contributed by atoms with van der Waals surface area (Å²) in [5.41, 5.74) is 5.78. The number of unbranched alkanes of at least 4 members (excludes halogenated alkanes) is 4. The van der Waals surface area contributed by atoms with Crippen molar-refractivity contribution < 1.29 is 66.1 Å². The van der Waals surface area contributed by atoms with Crippen molar-refractivity contribution in [1.29, 1.82) is 0 Å². The molecule has 0 bridgehead atoms. The zero-order valence-corrected chi connectivity index (χ0v) is 48.6. The standard InChI is InChI=1S/C64H105N3O13/c1-6-8-10-19-22-30-48(3)63(80)50(5)61(78)39-24-21-18-16-14-12-13-15-17-20-23-38-60(77)49(4)62(79)47-59(76)46-56(73)36-28-35-55(72)45-58(75)44-54(71)34-27-33-52(69)42-51(68)31-26-32-53(70)43-57(74)37-29-41-67-64(65)66-40-25-11-9-7-2/h6,8,12-18,20-24,26-28,30-31,34,36,39-40,48-61,63,68-78,80H,7,9-11,19,25,29,32-33,35,37-38,41-47H2,1-5H3,(H2,65,67)/b8-6+,13-12+,16-14+,17-15+,21-18+,23-20+,30-22+,31-26+,34-27+,36-28+,39-24+,66-40?. The fraction of sp³-hybridized carbons (Fsp3) is 0.609. The van der Waals surface area contributed by atoms with E-state index in [2.05, 4.69) is 29.1 Å². The summed E-state index contributed by atoms with van der Waals surface area (Å²) >= 11 is 0. The molecule has 15 unspecified atom stereocenters. The molecule has 16 nitrogen and oxygen atoms in total. The van der Waals surface area contributed by atoms with Gasteiger partial charge < -0.3 is 67.0 Å². The number of hydrogen-bond donors (Lipinski definition) is 13. The lowest BCUT2D eigenvalue weighted by Crippen LogP contribution is -2.32. The van der Waals surface area contributed by atoms with Crippen LogP contribution in [0.2, 0.25) is 0 Å². The molecule has 16 heteroatoms.